The summed E-state index contributed by atoms with van der Waals surface area (Å²) in [5, 5.41) is 21.5. The summed E-state index contributed by atoms with van der Waals surface area (Å²) in [6.07, 6.45) is 1.87. The largest absolute Gasteiger partial charge is 0.508 e. The summed E-state index contributed by atoms with van der Waals surface area (Å²) in [6, 6.07) is 3.44. The van der Waals surface area contributed by atoms with Gasteiger partial charge in [0.15, 0.2) is 5.96 Å². The van der Waals surface area contributed by atoms with Gasteiger partial charge in [0, 0.05) is 19.5 Å². The first-order chi connectivity index (χ1) is 14.7. The van der Waals surface area contributed by atoms with Crippen LogP contribution in [-0.4, -0.2) is 70.1 Å². The molecule has 0 aromatic heterocycles. The van der Waals surface area contributed by atoms with Crippen LogP contribution in [0, 0.1) is 0 Å². The molecule has 1 aliphatic heterocycles. The van der Waals surface area contributed by atoms with E-state index in [-0.39, 0.29) is 18.1 Å². The lowest BCUT2D eigenvalue weighted by Gasteiger charge is -2.28. The number of aliphatic carboxylic acids is 1. The molecular formula is C20H30N6O5. The number of nitrogens with one attached hydrogen (secondary N) is 1. The zero-order valence-electron chi connectivity index (χ0n) is 17.2. The molecular weight excluding hydrogens is 404 g/mol. The van der Waals surface area contributed by atoms with Gasteiger partial charge in [0.1, 0.15) is 17.8 Å². The lowest BCUT2D eigenvalue weighted by Crippen LogP contribution is -2.55. The van der Waals surface area contributed by atoms with Crippen LogP contribution in [0.25, 0.3) is 0 Å². The summed E-state index contributed by atoms with van der Waals surface area (Å²) in [6.45, 7) is 0.634. The Morgan fingerprint density at radius 2 is 1.90 bits per heavy atom. The van der Waals surface area contributed by atoms with E-state index in [2.05, 4.69) is 10.3 Å². The van der Waals surface area contributed by atoms with Crippen molar-refractivity contribution < 1.29 is 24.6 Å². The quantitative estimate of drug-likeness (QED) is 0.151. The summed E-state index contributed by atoms with van der Waals surface area (Å²) in [5.74, 6) is -2.04. The van der Waals surface area contributed by atoms with E-state index in [0.29, 0.717) is 44.3 Å². The SMILES string of the molecule is NC(N)=NCCCC(N)C(=O)NC(Cc1ccc(O)cc1)C(=O)N1CCCC1C(=O)O. The minimum absolute atomic E-state index is 0.0452. The molecule has 1 aromatic rings. The number of hydrogen-bond donors (Lipinski definition) is 6. The maximum Gasteiger partial charge on any atom is 0.326 e. The average Bonchev–Trinajstić information content (AvgIpc) is 3.21. The molecule has 0 bridgehead atoms. The first kappa shape index (κ1) is 23.9. The number of phenolic OH excluding ortho intramolecular Hbond substituents is 1. The van der Waals surface area contributed by atoms with Gasteiger partial charge in [-0.1, -0.05) is 12.1 Å². The van der Waals surface area contributed by atoms with Gasteiger partial charge in [-0.25, -0.2) is 4.79 Å². The molecule has 1 fully saturated rings. The number of carbonyl (C=O) groups excluding carboxylic acids is 2. The van der Waals surface area contributed by atoms with Crippen LogP contribution in [0.2, 0.25) is 0 Å². The Morgan fingerprint density at radius 3 is 2.52 bits per heavy atom. The van der Waals surface area contributed by atoms with Crippen LogP contribution in [0.5, 0.6) is 5.75 Å². The van der Waals surface area contributed by atoms with E-state index in [9.17, 15) is 24.6 Å². The lowest BCUT2D eigenvalue weighted by molar-refractivity contribution is -0.149. The van der Waals surface area contributed by atoms with Crippen molar-refractivity contribution in [2.24, 2.45) is 22.2 Å². The molecule has 1 saturated heterocycles. The number of carbonyl (C=O) groups is 3. The molecule has 3 atom stereocenters. The Hall–Kier alpha value is -3.34. The highest BCUT2D eigenvalue weighted by atomic mass is 16.4. The molecule has 1 heterocycles. The van der Waals surface area contributed by atoms with Gasteiger partial charge in [0.05, 0.1) is 6.04 Å². The number of benzene rings is 1. The number of likely N-dealkylation sites (tertiary alicyclic amines) is 1. The average molecular weight is 434 g/mol. The number of hydrogen-bond acceptors (Lipinski definition) is 6. The molecule has 0 spiro atoms. The second-order valence-corrected chi connectivity index (χ2v) is 7.51. The van der Waals surface area contributed by atoms with Gasteiger partial charge in [-0.15, -0.1) is 0 Å². The van der Waals surface area contributed by atoms with E-state index in [4.69, 9.17) is 17.2 Å². The number of aliphatic imine (C=N–C) groups is 1. The number of nitrogens with zero attached hydrogens (tertiary/aromatic N) is 2. The molecule has 0 saturated carbocycles. The van der Waals surface area contributed by atoms with E-state index in [1.54, 1.807) is 12.1 Å². The second kappa shape index (κ2) is 11.2. The van der Waals surface area contributed by atoms with Crippen LogP contribution < -0.4 is 22.5 Å². The fraction of sp³-hybridized carbons (Fsp3) is 0.500. The van der Waals surface area contributed by atoms with E-state index < -0.39 is 35.9 Å². The maximum absolute atomic E-state index is 13.1. The van der Waals surface area contributed by atoms with Gasteiger partial charge in [0.25, 0.3) is 0 Å². The summed E-state index contributed by atoms with van der Waals surface area (Å²) in [4.78, 5) is 42.4. The number of nitrogens with two attached hydrogens (primary N) is 3. The van der Waals surface area contributed by atoms with Crippen LogP contribution >= 0.6 is 0 Å². The van der Waals surface area contributed by atoms with Gasteiger partial charge in [-0.05, 0) is 43.4 Å². The number of guanidine groups is 1. The Kier molecular flexibility index (Phi) is 8.62. The third-order valence-corrected chi connectivity index (χ3v) is 5.12. The molecule has 3 unspecified atom stereocenters. The maximum atomic E-state index is 13.1. The summed E-state index contributed by atoms with van der Waals surface area (Å²) in [7, 11) is 0. The van der Waals surface area contributed by atoms with Crippen molar-refractivity contribution in [1.29, 1.82) is 0 Å². The minimum atomic E-state index is -1.07. The molecule has 2 rings (SSSR count). The first-order valence-corrected chi connectivity index (χ1v) is 10.1. The lowest BCUT2D eigenvalue weighted by atomic mass is 10.0. The zero-order valence-corrected chi connectivity index (χ0v) is 17.2. The molecule has 9 N–H and O–H groups in total. The van der Waals surface area contributed by atoms with Crippen LogP contribution in [0.15, 0.2) is 29.3 Å². The van der Waals surface area contributed by atoms with Crippen molar-refractivity contribution in [3.05, 3.63) is 29.8 Å². The Balaban J connectivity index is 2.10. The third kappa shape index (κ3) is 7.14. The molecule has 31 heavy (non-hydrogen) atoms. The third-order valence-electron chi connectivity index (χ3n) is 5.12. The van der Waals surface area contributed by atoms with Crippen LogP contribution in [-0.2, 0) is 20.8 Å². The number of aromatic hydroxyl groups is 1. The van der Waals surface area contributed by atoms with E-state index in [0.717, 1.165) is 0 Å². The predicted octanol–water partition coefficient (Wildman–Crippen LogP) is -1.12. The predicted molar refractivity (Wildman–Crippen MR) is 114 cm³/mol. The number of rotatable bonds is 10. The van der Waals surface area contributed by atoms with Gasteiger partial charge in [0.2, 0.25) is 11.8 Å². The van der Waals surface area contributed by atoms with Crippen molar-refractivity contribution in [3.8, 4) is 5.75 Å². The topological polar surface area (TPSA) is 197 Å². The second-order valence-electron chi connectivity index (χ2n) is 7.51. The van der Waals surface area contributed by atoms with Crippen molar-refractivity contribution in [1.82, 2.24) is 10.2 Å². The molecule has 11 heteroatoms. The van der Waals surface area contributed by atoms with Crippen LogP contribution in [0.4, 0.5) is 0 Å². The summed E-state index contributed by atoms with van der Waals surface area (Å²) < 4.78 is 0. The normalized spacial score (nSPS) is 17.6. The number of phenols is 1. The van der Waals surface area contributed by atoms with Crippen LogP contribution in [0.1, 0.15) is 31.2 Å². The Bertz CT molecular complexity index is 809. The van der Waals surface area contributed by atoms with Crippen molar-refractivity contribution in [2.75, 3.05) is 13.1 Å². The van der Waals surface area contributed by atoms with Gasteiger partial charge < -0.3 is 37.6 Å². The number of amides is 2. The van der Waals surface area contributed by atoms with Crippen molar-refractivity contribution in [3.63, 3.8) is 0 Å². The summed E-state index contributed by atoms with van der Waals surface area (Å²) >= 11 is 0. The fourth-order valence-electron chi connectivity index (χ4n) is 3.48. The molecule has 0 aliphatic carbocycles. The summed E-state index contributed by atoms with van der Waals surface area (Å²) in [5.41, 5.74) is 17.2. The first-order valence-electron chi connectivity index (χ1n) is 10.1. The molecule has 11 nitrogen and oxygen atoms in total. The standard InChI is InChI=1S/C20H30N6O5/c21-14(3-1-9-24-20(22)23)17(28)25-15(11-12-5-7-13(27)8-6-12)18(29)26-10-2-4-16(26)19(30)31/h5-8,14-16,27H,1-4,9-11,21H2,(H,25,28)(H,30,31)(H4,22,23,24). The highest BCUT2D eigenvalue weighted by Crippen LogP contribution is 2.20. The highest BCUT2D eigenvalue weighted by Gasteiger charge is 2.38. The molecule has 170 valence electrons. The smallest absolute Gasteiger partial charge is 0.326 e. The number of carboxylic acids is 1. The minimum Gasteiger partial charge on any atom is -0.508 e. The van der Waals surface area contributed by atoms with Crippen molar-refractivity contribution >= 4 is 23.7 Å². The van der Waals surface area contributed by atoms with Gasteiger partial charge in [-0.2, -0.15) is 0 Å². The van der Waals surface area contributed by atoms with Gasteiger partial charge in [-0.3, -0.25) is 14.6 Å². The van der Waals surface area contributed by atoms with E-state index in [1.807, 2.05) is 0 Å². The molecule has 1 aliphatic rings. The number of carboxylic acid groups (broad SMARTS) is 1. The monoisotopic (exact) mass is 434 g/mol. The van der Waals surface area contributed by atoms with E-state index in [1.165, 1.54) is 17.0 Å². The molecule has 1 aromatic carbocycles. The van der Waals surface area contributed by atoms with Gasteiger partial charge >= 0.3 is 5.97 Å². The zero-order chi connectivity index (χ0) is 23.0. The Morgan fingerprint density at radius 1 is 1.23 bits per heavy atom. The molecule has 2 amide bonds. The molecule has 0 radical (unpaired) electrons. The van der Waals surface area contributed by atoms with Crippen molar-refractivity contribution in [2.45, 2.75) is 50.2 Å². The van der Waals surface area contributed by atoms with E-state index >= 15 is 0 Å². The Labute approximate surface area is 180 Å². The van der Waals surface area contributed by atoms with Crippen LogP contribution in [0.3, 0.4) is 0 Å². The highest BCUT2D eigenvalue weighted by molar-refractivity contribution is 5.92. The fourth-order valence-corrected chi connectivity index (χ4v) is 3.48.